The zero-order valence-electron chi connectivity index (χ0n) is 9.49. The van der Waals surface area contributed by atoms with E-state index in [4.69, 9.17) is 5.26 Å². The second-order valence-corrected chi connectivity index (χ2v) is 3.73. The summed E-state index contributed by atoms with van der Waals surface area (Å²) in [6.45, 7) is 0. The molecule has 4 nitrogen and oxygen atoms in total. The molecule has 1 heterocycles. The van der Waals surface area contributed by atoms with E-state index in [0.717, 1.165) is 16.5 Å². The number of esters is 1. The molecule has 2 aromatic rings. The molecule has 4 heteroatoms. The summed E-state index contributed by atoms with van der Waals surface area (Å²) in [6, 6.07) is 7.90. The number of H-pyrrole nitrogens is 1. The van der Waals surface area contributed by atoms with Crippen LogP contribution in [0.2, 0.25) is 0 Å². The molecule has 0 bridgehead atoms. The van der Waals surface area contributed by atoms with Crippen molar-refractivity contribution in [2.45, 2.75) is 12.8 Å². The summed E-state index contributed by atoms with van der Waals surface area (Å²) in [5, 5.41) is 9.91. The smallest absolute Gasteiger partial charge is 0.305 e. The molecule has 2 rings (SSSR count). The molecule has 0 aliphatic rings. The molecule has 0 fully saturated rings. The molecule has 0 atom stereocenters. The van der Waals surface area contributed by atoms with Crippen molar-refractivity contribution in [3.8, 4) is 6.07 Å². The Balaban J connectivity index is 2.36. The molecule has 0 aliphatic heterocycles. The third-order valence-corrected chi connectivity index (χ3v) is 2.74. The topological polar surface area (TPSA) is 65.9 Å². The number of aromatic amines is 1. The molecule has 0 amide bonds. The van der Waals surface area contributed by atoms with Crippen molar-refractivity contribution in [2.75, 3.05) is 7.11 Å². The highest BCUT2D eigenvalue weighted by Gasteiger charge is 2.09. The van der Waals surface area contributed by atoms with E-state index in [2.05, 4.69) is 15.8 Å². The molecule has 0 aliphatic carbocycles. The lowest BCUT2D eigenvalue weighted by molar-refractivity contribution is -0.140. The quantitative estimate of drug-likeness (QED) is 0.818. The number of aromatic nitrogens is 1. The monoisotopic (exact) mass is 228 g/mol. The molecule has 1 aromatic carbocycles. The summed E-state index contributed by atoms with van der Waals surface area (Å²) in [5.41, 5.74) is 2.52. The summed E-state index contributed by atoms with van der Waals surface area (Å²) in [5.74, 6) is -0.240. The van der Waals surface area contributed by atoms with E-state index in [1.54, 1.807) is 6.20 Å². The van der Waals surface area contributed by atoms with E-state index < -0.39 is 0 Å². The van der Waals surface area contributed by atoms with Gasteiger partial charge in [0.05, 0.1) is 12.7 Å². The van der Waals surface area contributed by atoms with Gasteiger partial charge >= 0.3 is 5.97 Å². The van der Waals surface area contributed by atoms with Gasteiger partial charge in [-0.2, -0.15) is 5.26 Å². The molecular formula is C13H12N2O2. The summed E-state index contributed by atoms with van der Waals surface area (Å²) in [4.78, 5) is 14.2. The highest BCUT2D eigenvalue weighted by Crippen LogP contribution is 2.23. The first-order valence-electron chi connectivity index (χ1n) is 5.32. The van der Waals surface area contributed by atoms with Gasteiger partial charge in [0.2, 0.25) is 0 Å². The molecular weight excluding hydrogens is 216 g/mol. The first-order chi connectivity index (χ1) is 8.26. The van der Waals surface area contributed by atoms with Crippen molar-refractivity contribution in [3.05, 3.63) is 35.5 Å². The Bertz CT molecular complexity index is 593. The first-order valence-corrected chi connectivity index (χ1v) is 5.32. The summed E-state index contributed by atoms with van der Waals surface area (Å²) in [6.07, 6.45) is 2.59. The Morgan fingerprint density at radius 3 is 3.06 bits per heavy atom. The van der Waals surface area contributed by atoms with Gasteiger partial charge in [0, 0.05) is 23.5 Å². The number of carbonyl (C=O) groups excluding carboxylic acids is 1. The second-order valence-electron chi connectivity index (χ2n) is 3.73. The fraction of sp³-hybridized carbons (Fsp3) is 0.231. The van der Waals surface area contributed by atoms with E-state index in [1.165, 1.54) is 7.11 Å². The summed E-state index contributed by atoms with van der Waals surface area (Å²) in [7, 11) is 1.37. The number of nitrogens with zero attached hydrogens (tertiary/aromatic N) is 1. The molecule has 0 saturated carbocycles. The maximum absolute atomic E-state index is 11.1. The van der Waals surface area contributed by atoms with Crippen LogP contribution in [0.25, 0.3) is 10.9 Å². The number of benzene rings is 1. The molecule has 17 heavy (non-hydrogen) atoms. The molecule has 86 valence electrons. The minimum Gasteiger partial charge on any atom is -0.469 e. The summed E-state index contributed by atoms with van der Waals surface area (Å²) >= 11 is 0. The lowest BCUT2D eigenvalue weighted by Crippen LogP contribution is -2.02. The van der Waals surface area contributed by atoms with Crippen LogP contribution in [0.1, 0.15) is 17.5 Å². The van der Waals surface area contributed by atoms with Crippen LogP contribution in [-0.4, -0.2) is 18.1 Å². The standard InChI is InChI=1S/C13H12N2O2/c1-17-12(16)6-5-9-3-2-4-11-13(9)10(7-14)8-15-11/h2-4,8,15H,5-6H2,1H3. The predicted molar refractivity (Wildman–Crippen MR) is 63.4 cm³/mol. The van der Waals surface area contributed by atoms with Gasteiger partial charge in [-0.15, -0.1) is 0 Å². The van der Waals surface area contributed by atoms with E-state index in [-0.39, 0.29) is 5.97 Å². The van der Waals surface area contributed by atoms with Gasteiger partial charge in [-0.1, -0.05) is 12.1 Å². The molecule has 0 spiro atoms. The van der Waals surface area contributed by atoms with Crippen molar-refractivity contribution in [1.82, 2.24) is 4.98 Å². The normalized spacial score (nSPS) is 10.1. The lowest BCUT2D eigenvalue weighted by atomic mass is 10.0. The number of carbonyl (C=O) groups is 1. The summed E-state index contributed by atoms with van der Waals surface area (Å²) < 4.78 is 4.61. The fourth-order valence-corrected chi connectivity index (χ4v) is 1.90. The average molecular weight is 228 g/mol. The minimum atomic E-state index is -0.240. The third-order valence-electron chi connectivity index (χ3n) is 2.74. The Morgan fingerprint density at radius 2 is 2.35 bits per heavy atom. The van der Waals surface area contributed by atoms with Crippen LogP contribution in [-0.2, 0) is 16.0 Å². The van der Waals surface area contributed by atoms with E-state index in [1.807, 2.05) is 18.2 Å². The SMILES string of the molecule is COC(=O)CCc1cccc2[nH]cc(C#N)c12. The largest absolute Gasteiger partial charge is 0.469 e. The van der Waals surface area contributed by atoms with Crippen LogP contribution < -0.4 is 0 Å². The number of hydrogen-bond donors (Lipinski definition) is 1. The van der Waals surface area contributed by atoms with Crippen molar-refractivity contribution >= 4 is 16.9 Å². The third kappa shape index (κ3) is 2.13. The Kier molecular flexibility index (Phi) is 3.10. The Labute approximate surface area is 98.8 Å². The maximum atomic E-state index is 11.1. The minimum absolute atomic E-state index is 0.240. The Hall–Kier alpha value is -2.28. The van der Waals surface area contributed by atoms with Crippen LogP contribution in [0.5, 0.6) is 0 Å². The molecule has 0 radical (unpaired) electrons. The molecule has 1 aromatic heterocycles. The van der Waals surface area contributed by atoms with Crippen molar-refractivity contribution in [3.63, 3.8) is 0 Å². The lowest BCUT2D eigenvalue weighted by Gasteiger charge is -2.03. The van der Waals surface area contributed by atoms with E-state index in [0.29, 0.717) is 18.4 Å². The van der Waals surface area contributed by atoms with Crippen LogP contribution in [0, 0.1) is 11.3 Å². The van der Waals surface area contributed by atoms with Gasteiger partial charge in [0.15, 0.2) is 0 Å². The number of methoxy groups -OCH3 is 1. The number of ether oxygens (including phenoxy) is 1. The van der Waals surface area contributed by atoms with Crippen molar-refractivity contribution in [1.29, 1.82) is 5.26 Å². The zero-order chi connectivity index (χ0) is 12.3. The number of rotatable bonds is 3. The van der Waals surface area contributed by atoms with E-state index in [9.17, 15) is 4.79 Å². The van der Waals surface area contributed by atoms with Gasteiger partial charge in [-0.25, -0.2) is 0 Å². The molecule has 0 saturated heterocycles. The first kappa shape index (κ1) is 11.2. The maximum Gasteiger partial charge on any atom is 0.305 e. The molecule has 1 N–H and O–H groups in total. The predicted octanol–water partition coefficient (Wildman–Crippen LogP) is 2.15. The number of nitriles is 1. The van der Waals surface area contributed by atoms with Crippen LogP contribution in [0.15, 0.2) is 24.4 Å². The zero-order valence-corrected chi connectivity index (χ0v) is 9.49. The Morgan fingerprint density at radius 1 is 1.53 bits per heavy atom. The van der Waals surface area contributed by atoms with Crippen LogP contribution in [0.3, 0.4) is 0 Å². The fourth-order valence-electron chi connectivity index (χ4n) is 1.90. The number of aryl methyl sites for hydroxylation is 1. The highest BCUT2D eigenvalue weighted by molar-refractivity contribution is 5.89. The second kappa shape index (κ2) is 4.71. The van der Waals surface area contributed by atoms with Gasteiger partial charge in [0.25, 0.3) is 0 Å². The van der Waals surface area contributed by atoms with Gasteiger partial charge < -0.3 is 9.72 Å². The average Bonchev–Trinajstić information content (AvgIpc) is 2.79. The highest BCUT2D eigenvalue weighted by atomic mass is 16.5. The van der Waals surface area contributed by atoms with Crippen molar-refractivity contribution < 1.29 is 9.53 Å². The van der Waals surface area contributed by atoms with E-state index >= 15 is 0 Å². The van der Waals surface area contributed by atoms with Gasteiger partial charge in [-0.3, -0.25) is 4.79 Å². The van der Waals surface area contributed by atoms with Crippen LogP contribution >= 0.6 is 0 Å². The van der Waals surface area contributed by atoms with Gasteiger partial charge in [0.1, 0.15) is 6.07 Å². The number of fused-ring (bicyclic) bond motifs is 1. The van der Waals surface area contributed by atoms with Gasteiger partial charge in [-0.05, 0) is 18.1 Å². The molecule has 0 unspecified atom stereocenters. The number of hydrogen-bond acceptors (Lipinski definition) is 3. The number of nitrogens with one attached hydrogen (secondary N) is 1. The van der Waals surface area contributed by atoms with Crippen LogP contribution in [0.4, 0.5) is 0 Å². The van der Waals surface area contributed by atoms with Crippen molar-refractivity contribution in [2.24, 2.45) is 0 Å².